The number of aromatic nitrogens is 2. The first-order valence-electron chi connectivity index (χ1n) is 9.37. The van der Waals surface area contributed by atoms with E-state index < -0.39 is 0 Å². The van der Waals surface area contributed by atoms with Gasteiger partial charge >= 0.3 is 6.03 Å². The summed E-state index contributed by atoms with van der Waals surface area (Å²) in [5.41, 5.74) is 2.07. The maximum atomic E-state index is 12.5. The maximum absolute atomic E-state index is 12.5. The number of rotatable bonds is 6. The zero-order chi connectivity index (χ0) is 19.2. The molecule has 146 valence electrons. The summed E-state index contributed by atoms with van der Waals surface area (Å²) in [6.45, 7) is 6.88. The molecule has 1 aliphatic heterocycles. The molecule has 1 unspecified atom stereocenters. The molecule has 2 aromatic heterocycles. The summed E-state index contributed by atoms with van der Waals surface area (Å²) in [6, 6.07) is 5.90. The van der Waals surface area contributed by atoms with Crippen LogP contribution in [0.3, 0.4) is 0 Å². The minimum absolute atomic E-state index is 0.0206. The number of nitrogens with zero attached hydrogens (tertiary/aromatic N) is 3. The fourth-order valence-electron chi connectivity index (χ4n) is 3.39. The Labute approximate surface area is 163 Å². The molecule has 0 spiro atoms. The monoisotopic (exact) mass is 389 g/mol. The zero-order valence-corrected chi connectivity index (χ0v) is 16.7. The number of hydrogen-bond donors (Lipinski definition) is 2. The van der Waals surface area contributed by atoms with Crippen LogP contribution in [0.5, 0.6) is 0 Å². The molecule has 0 aromatic carbocycles. The van der Waals surface area contributed by atoms with Gasteiger partial charge < -0.3 is 15.5 Å². The van der Waals surface area contributed by atoms with Gasteiger partial charge in [-0.1, -0.05) is 6.07 Å². The third kappa shape index (κ3) is 5.32. The van der Waals surface area contributed by atoms with E-state index in [1.807, 2.05) is 42.1 Å². The van der Waals surface area contributed by atoms with E-state index in [0.29, 0.717) is 32.7 Å². The molecule has 8 heteroatoms. The van der Waals surface area contributed by atoms with Gasteiger partial charge in [-0.15, -0.1) is 11.3 Å². The van der Waals surface area contributed by atoms with Gasteiger partial charge in [0.1, 0.15) is 0 Å². The number of nitrogens with one attached hydrogen (secondary N) is 2. The topological polar surface area (TPSA) is 79.3 Å². The molecule has 1 saturated heterocycles. The Hall–Kier alpha value is -2.35. The Morgan fingerprint density at radius 1 is 1.33 bits per heavy atom. The Morgan fingerprint density at radius 3 is 2.89 bits per heavy atom. The van der Waals surface area contributed by atoms with Gasteiger partial charge in [0, 0.05) is 30.2 Å². The van der Waals surface area contributed by atoms with Crippen LogP contribution in [0.4, 0.5) is 4.79 Å². The SMILES string of the molecule is Cc1cc(C)n(CCNC(=O)C2CCCN(C(=O)NCc3cccs3)C2)n1. The van der Waals surface area contributed by atoms with E-state index >= 15 is 0 Å². The van der Waals surface area contributed by atoms with Gasteiger partial charge in [0.15, 0.2) is 0 Å². The van der Waals surface area contributed by atoms with Gasteiger partial charge in [0.05, 0.1) is 24.7 Å². The average molecular weight is 390 g/mol. The highest BCUT2D eigenvalue weighted by atomic mass is 32.1. The average Bonchev–Trinajstić information content (AvgIpc) is 3.29. The van der Waals surface area contributed by atoms with E-state index in [2.05, 4.69) is 15.7 Å². The predicted molar refractivity (Wildman–Crippen MR) is 106 cm³/mol. The first kappa shape index (κ1) is 19.4. The van der Waals surface area contributed by atoms with Crippen molar-refractivity contribution in [3.05, 3.63) is 39.8 Å². The van der Waals surface area contributed by atoms with Crippen molar-refractivity contribution in [2.75, 3.05) is 19.6 Å². The smallest absolute Gasteiger partial charge is 0.317 e. The van der Waals surface area contributed by atoms with E-state index in [1.54, 1.807) is 16.2 Å². The Kier molecular flexibility index (Phi) is 6.49. The van der Waals surface area contributed by atoms with Crippen LogP contribution in [0.1, 0.15) is 29.1 Å². The highest BCUT2D eigenvalue weighted by Crippen LogP contribution is 2.17. The lowest BCUT2D eigenvalue weighted by atomic mass is 9.97. The first-order chi connectivity index (χ1) is 13.0. The van der Waals surface area contributed by atoms with Crippen molar-refractivity contribution in [2.24, 2.45) is 5.92 Å². The number of piperidine rings is 1. The van der Waals surface area contributed by atoms with Crippen LogP contribution in [-0.4, -0.2) is 46.3 Å². The normalized spacial score (nSPS) is 17.0. The van der Waals surface area contributed by atoms with Crippen LogP contribution in [-0.2, 0) is 17.9 Å². The number of urea groups is 1. The summed E-state index contributed by atoms with van der Waals surface area (Å²) in [5, 5.41) is 12.3. The molecule has 2 N–H and O–H groups in total. The number of carbonyl (C=O) groups excluding carboxylic acids is 2. The predicted octanol–water partition coefficient (Wildman–Crippen LogP) is 2.30. The fraction of sp³-hybridized carbons (Fsp3) is 0.526. The van der Waals surface area contributed by atoms with Gasteiger partial charge in [-0.25, -0.2) is 4.79 Å². The lowest BCUT2D eigenvalue weighted by Crippen LogP contribution is -2.49. The quantitative estimate of drug-likeness (QED) is 0.796. The van der Waals surface area contributed by atoms with Crippen molar-refractivity contribution in [3.8, 4) is 0 Å². The largest absolute Gasteiger partial charge is 0.354 e. The van der Waals surface area contributed by atoms with Gasteiger partial charge in [-0.3, -0.25) is 9.48 Å². The van der Waals surface area contributed by atoms with Crippen molar-refractivity contribution >= 4 is 23.3 Å². The number of carbonyl (C=O) groups is 2. The molecule has 1 fully saturated rings. The summed E-state index contributed by atoms with van der Waals surface area (Å²) in [7, 11) is 0. The molecule has 1 aliphatic rings. The van der Waals surface area contributed by atoms with E-state index in [1.165, 1.54) is 0 Å². The third-order valence-electron chi connectivity index (χ3n) is 4.80. The van der Waals surface area contributed by atoms with E-state index in [-0.39, 0.29) is 17.9 Å². The molecule has 3 rings (SSSR count). The first-order valence-corrected chi connectivity index (χ1v) is 10.2. The summed E-state index contributed by atoms with van der Waals surface area (Å²) >= 11 is 1.62. The van der Waals surface area contributed by atoms with Crippen molar-refractivity contribution in [1.82, 2.24) is 25.3 Å². The molecule has 7 nitrogen and oxygen atoms in total. The Balaban J connectivity index is 1.43. The molecule has 3 heterocycles. The van der Waals surface area contributed by atoms with Crippen molar-refractivity contribution in [1.29, 1.82) is 0 Å². The standard InChI is InChI=1S/C19H27N5O2S/c1-14-11-15(2)24(22-14)9-7-20-18(25)16-5-3-8-23(13-16)19(26)21-12-17-6-4-10-27-17/h4,6,10-11,16H,3,5,7-9,12-13H2,1-2H3,(H,20,25)(H,21,26). The molecule has 27 heavy (non-hydrogen) atoms. The summed E-state index contributed by atoms with van der Waals surface area (Å²) in [5.74, 6) is -0.126. The lowest BCUT2D eigenvalue weighted by Gasteiger charge is -2.32. The molecular weight excluding hydrogens is 362 g/mol. The molecule has 0 radical (unpaired) electrons. The Bertz CT molecular complexity index is 771. The van der Waals surface area contributed by atoms with Crippen LogP contribution in [0.2, 0.25) is 0 Å². The van der Waals surface area contributed by atoms with Gasteiger partial charge in [0.2, 0.25) is 5.91 Å². The second kappa shape index (κ2) is 9.03. The molecule has 0 aliphatic carbocycles. The van der Waals surface area contributed by atoms with Crippen molar-refractivity contribution < 1.29 is 9.59 Å². The number of thiophene rings is 1. The van der Waals surface area contributed by atoms with Crippen LogP contribution in [0.15, 0.2) is 23.6 Å². The van der Waals surface area contributed by atoms with Crippen LogP contribution < -0.4 is 10.6 Å². The fourth-order valence-corrected chi connectivity index (χ4v) is 4.04. The van der Waals surface area contributed by atoms with Crippen LogP contribution >= 0.6 is 11.3 Å². The second-order valence-electron chi connectivity index (χ2n) is 6.96. The van der Waals surface area contributed by atoms with E-state index in [0.717, 1.165) is 29.1 Å². The van der Waals surface area contributed by atoms with Crippen molar-refractivity contribution in [2.45, 2.75) is 39.8 Å². The molecular formula is C19H27N5O2S. The Morgan fingerprint density at radius 2 is 2.19 bits per heavy atom. The molecule has 3 amide bonds. The number of amides is 3. The van der Waals surface area contributed by atoms with Gasteiger partial charge in [0.25, 0.3) is 0 Å². The summed E-state index contributed by atoms with van der Waals surface area (Å²) in [6.07, 6.45) is 1.67. The minimum Gasteiger partial charge on any atom is -0.354 e. The van der Waals surface area contributed by atoms with Crippen LogP contribution in [0, 0.1) is 19.8 Å². The molecule has 0 bridgehead atoms. The molecule has 1 atom stereocenters. The number of likely N-dealkylation sites (tertiary alicyclic amines) is 1. The summed E-state index contributed by atoms with van der Waals surface area (Å²) < 4.78 is 1.90. The highest BCUT2D eigenvalue weighted by Gasteiger charge is 2.28. The number of aryl methyl sites for hydroxylation is 2. The highest BCUT2D eigenvalue weighted by molar-refractivity contribution is 7.09. The molecule has 2 aromatic rings. The van der Waals surface area contributed by atoms with Gasteiger partial charge in [-0.05, 0) is 44.2 Å². The number of hydrogen-bond acceptors (Lipinski definition) is 4. The van der Waals surface area contributed by atoms with E-state index in [4.69, 9.17) is 0 Å². The van der Waals surface area contributed by atoms with E-state index in [9.17, 15) is 9.59 Å². The summed E-state index contributed by atoms with van der Waals surface area (Å²) in [4.78, 5) is 27.7. The van der Waals surface area contributed by atoms with Crippen LogP contribution in [0.25, 0.3) is 0 Å². The van der Waals surface area contributed by atoms with Crippen molar-refractivity contribution in [3.63, 3.8) is 0 Å². The second-order valence-corrected chi connectivity index (χ2v) is 8.00. The zero-order valence-electron chi connectivity index (χ0n) is 15.9. The minimum atomic E-state index is -0.147. The molecule has 0 saturated carbocycles. The lowest BCUT2D eigenvalue weighted by molar-refractivity contribution is -0.126. The van der Waals surface area contributed by atoms with Gasteiger partial charge in [-0.2, -0.15) is 5.10 Å². The maximum Gasteiger partial charge on any atom is 0.317 e. The third-order valence-corrected chi connectivity index (χ3v) is 5.68.